The summed E-state index contributed by atoms with van der Waals surface area (Å²) >= 11 is 1.41. The molecule has 21 heavy (non-hydrogen) atoms. The summed E-state index contributed by atoms with van der Waals surface area (Å²) in [6.07, 6.45) is 4.63. The monoisotopic (exact) mass is 311 g/mol. The van der Waals surface area contributed by atoms with E-state index in [0.29, 0.717) is 17.7 Å². The number of amides is 1. The van der Waals surface area contributed by atoms with Crippen LogP contribution in [0.25, 0.3) is 0 Å². The zero-order valence-electron chi connectivity index (χ0n) is 13.1. The molecule has 0 radical (unpaired) electrons. The van der Waals surface area contributed by atoms with Crippen molar-refractivity contribution in [2.75, 3.05) is 5.75 Å². The molecule has 0 aromatic carbocycles. The predicted octanol–water partition coefficient (Wildman–Crippen LogP) is 2.12. The van der Waals surface area contributed by atoms with Crippen LogP contribution in [0.1, 0.15) is 46.5 Å². The van der Waals surface area contributed by atoms with Crippen LogP contribution in [0.3, 0.4) is 0 Å². The van der Waals surface area contributed by atoms with E-state index in [4.69, 9.17) is 0 Å². The molecule has 0 saturated heterocycles. The van der Waals surface area contributed by atoms with Gasteiger partial charge in [0.15, 0.2) is 0 Å². The molecule has 2 rings (SSSR count). The second kappa shape index (κ2) is 7.77. The van der Waals surface area contributed by atoms with Gasteiger partial charge in [0.2, 0.25) is 11.1 Å². The molecule has 1 fully saturated rings. The molecular formula is C14H25N5OS. The molecule has 1 aliphatic carbocycles. The first-order chi connectivity index (χ1) is 10.0. The van der Waals surface area contributed by atoms with Crippen molar-refractivity contribution < 1.29 is 4.79 Å². The van der Waals surface area contributed by atoms with Crippen LogP contribution in [0.4, 0.5) is 0 Å². The Balaban J connectivity index is 1.75. The number of rotatable bonds is 6. The molecule has 1 aliphatic rings. The Morgan fingerprint density at radius 3 is 2.76 bits per heavy atom. The largest absolute Gasteiger partial charge is 0.353 e. The molecule has 118 valence electrons. The summed E-state index contributed by atoms with van der Waals surface area (Å²) in [5.41, 5.74) is 0. The molecule has 0 atom stereocenters. The summed E-state index contributed by atoms with van der Waals surface area (Å²) in [5, 5.41) is 15.5. The van der Waals surface area contributed by atoms with E-state index < -0.39 is 0 Å². The summed E-state index contributed by atoms with van der Waals surface area (Å²) in [7, 11) is 0. The van der Waals surface area contributed by atoms with Crippen LogP contribution in [-0.2, 0) is 11.3 Å². The Bertz CT molecular complexity index is 454. The fraction of sp³-hybridized carbons (Fsp3) is 0.857. The first-order valence-electron chi connectivity index (χ1n) is 7.73. The highest BCUT2D eigenvalue weighted by molar-refractivity contribution is 7.99. The number of hydrogen-bond acceptors (Lipinski definition) is 5. The number of nitrogens with zero attached hydrogens (tertiary/aromatic N) is 4. The molecule has 1 saturated carbocycles. The molecule has 6 nitrogen and oxygen atoms in total. The fourth-order valence-corrected chi connectivity index (χ4v) is 3.26. The van der Waals surface area contributed by atoms with Gasteiger partial charge in [-0.3, -0.25) is 4.79 Å². The van der Waals surface area contributed by atoms with Crippen LogP contribution in [0, 0.1) is 11.8 Å². The summed E-state index contributed by atoms with van der Waals surface area (Å²) in [6.45, 7) is 7.29. The maximum absolute atomic E-state index is 12.0. The first-order valence-corrected chi connectivity index (χ1v) is 8.71. The number of thioether (sulfide) groups is 1. The Morgan fingerprint density at radius 2 is 2.10 bits per heavy atom. The molecule has 7 heteroatoms. The van der Waals surface area contributed by atoms with E-state index in [9.17, 15) is 4.79 Å². The lowest BCUT2D eigenvalue weighted by atomic mass is 9.87. The van der Waals surface area contributed by atoms with Crippen molar-refractivity contribution in [3.05, 3.63) is 0 Å². The van der Waals surface area contributed by atoms with Crippen LogP contribution < -0.4 is 5.32 Å². The maximum Gasteiger partial charge on any atom is 0.230 e. The number of carbonyl (C=O) groups is 1. The van der Waals surface area contributed by atoms with Gasteiger partial charge in [-0.05, 0) is 47.9 Å². The van der Waals surface area contributed by atoms with E-state index in [1.165, 1.54) is 24.6 Å². The standard InChI is InChI=1S/C14H25N5OS/c1-10(2)8-19-14(16-17-18-19)21-9-13(20)15-12-6-4-11(3)5-7-12/h10-12H,4-9H2,1-3H3,(H,15,20). The third-order valence-electron chi connectivity index (χ3n) is 3.75. The average Bonchev–Trinajstić information content (AvgIpc) is 2.85. The smallest absolute Gasteiger partial charge is 0.230 e. The second-order valence-corrected chi connectivity index (χ2v) is 7.29. The lowest BCUT2D eigenvalue weighted by Gasteiger charge is -2.26. The van der Waals surface area contributed by atoms with E-state index in [1.807, 2.05) is 0 Å². The molecule has 0 bridgehead atoms. The van der Waals surface area contributed by atoms with Crippen molar-refractivity contribution in [2.24, 2.45) is 11.8 Å². The summed E-state index contributed by atoms with van der Waals surface area (Å²) in [6, 6.07) is 0.348. The van der Waals surface area contributed by atoms with Gasteiger partial charge < -0.3 is 5.32 Å². The number of tetrazole rings is 1. The Hall–Kier alpha value is -1.11. The summed E-state index contributed by atoms with van der Waals surface area (Å²) in [4.78, 5) is 12.0. The van der Waals surface area contributed by atoms with Crippen LogP contribution in [0.2, 0.25) is 0 Å². The molecule has 1 amide bonds. The van der Waals surface area contributed by atoms with Gasteiger partial charge in [0.05, 0.1) is 5.75 Å². The van der Waals surface area contributed by atoms with Crippen LogP contribution in [-0.4, -0.2) is 37.9 Å². The topological polar surface area (TPSA) is 72.7 Å². The van der Waals surface area contributed by atoms with E-state index in [-0.39, 0.29) is 5.91 Å². The highest BCUT2D eigenvalue weighted by atomic mass is 32.2. The zero-order valence-corrected chi connectivity index (χ0v) is 13.9. The van der Waals surface area contributed by atoms with Crippen LogP contribution >= 0.6 is 11.8 Å². The lowest BCUT2D eigenvalue weighted by Crippen LogP contribution is -2.38. The minimum Gasteiger partial charge on any atom is -0.353 e. The fourth-order valence-electron chi connectivity index (χ4n) is 2.56. The second-order valence-electron chi connectivity index (χ2n) is 6.35. The Morgan fingerprint density at radius 1 is 1.38 bits per heavy atom. The van der Waals surface area contributed by atoms with E-state index in [0.717, 1.165) is 30.5 Å². The summed E-state index contributed by atoms with van der Waals surface area (Å²) in [5.74, 6) is 1.74. The van der Waals surface area contributed by atoms with Gasteiger partial charge in [-0.1, -0.05) is 32.5 Å². The van der Waals surface area contributed by atoms with Gasteiger partial charge in [-0.25, -0.2) is 4.68 Å². The molecule has 0 aliphatic heterocycles. The van der Waals surface area contributed by atoms with Gasteiger partial charge in [0.25, 0.3) is 0 Å². The number of nitrogens with one attached hydrogen (secondary N) is 1. The van der Waals surface area contributed by atoms with E-state index in [1.54, 1.807) is 4.68 Å². The van der Waals surface area contributed by atoms with Crippen molar-refractivity contribution >= 4 is 17.7 Å². The third kappa shape index (κ3) is 5.30. The molecule has 1 aromatic heterocycles. The normalized spacial score (nSPS) is 22.5. The number of aromatic nitrogens is 4. The predicted molar refractivity (Wildman–Crippen MR) is 82.9 cm³/mol. The van der Waals surface area contributed by atoms with E-state index in [2.05, 4.69) is 41.6 Å². The molecule has 1 aromatic rings. The molecule has 1 heterocycles. The van der Waals surface area contributed by atoms with Crippen molar-refractivity contribution in [2.45, 2.75) is 64.2 Å². The first kappa shape index (κ1) is 16.3. The van der Waals surface area contributed by atoms with Gasteiger partial charge in [0.1, 0.15) is 0 Å². The lowest BCUT2D eigenvalue weighted by molar-refractivity contribution is -0.119. The Kier molecular flexibility index (Phi) is 6.02. The van der Waals surface area contributed by atoms with Crippen molar-refractivity contribution in [3.63, 3.8) is 0 Å². The molecule has 0 unspecified atom stereocenters. The molecule has 1 N–H and O–H groups in total. The number of carbonyl (C=O) groups excluding carboxylic acids is 1. The van der Waals surface area contributed by atoms with Crippen LogP contribution in [0.5, 0.6) is 0 Å². The SMILES string of the molecule is CC(C)Cn1nnnc1SCC(=O)NC1CCC(C)CC1. The minimum atomic E-state index is 0.0821. The Labute approximate surface area is 130 Å². The van der Waals surface area contributed by atoms with Crippen molar-refractivity contribution in [1.29, 1.82) is 0 Å². The maximum atomic E-state index is 12.0. The minimum absolute atomic E-state index is 0.0821. The molecular weight excluding hydrogens is 286 g/mol. The van der Waals surface area contributed by atoms with Gasteiger partial charge in [0, 0.05) is 12.6 Å². The zero-order chi connectivity index (χ0) is 15.2. The summed E-state index contributed by atoms with van der Waals surface area (Å²) < 4.78 is 1.77. The van der Waals surface area contributed by atoms with Gasteiger partial charge in [-0.15, -0.1) is 5.10 Å². The van der Waals surface area contributed by atoms with Crippen molar-refractivity contribution in [3.8, 4) is 0 Å². The van der Waals surface area contributed by atoms with Gasteiger partial charge in [-0.2, -0.15) is 0 Å². The van der Waals surface area contributed by atoms with E-state index >= 15 is 0 Å². The highest BCUT2D eigenvalue weighted by Crippen LogP contribution is 2.23. The van der Waals surface area contributed by atoms with Crippen LogP contribution in [0.15, 0.2) is 5.16 Å². The third-order valence-corrected chi connectivity index (χ3v) is 4.71. The molecule has 0 spiro atoms. The average molecular weight is 311 g/mol. The number of hydrogen-bond donors (Lipinski definition) is 1. The quantitative estimate of drug-likeness (QED) is 0.815. The van der Waals surface area contributed by atoms with Gasteiger partial charge >= 0.3 is 0 Å². The highest BCUT2D eigenvalue weighted by Gasteiger charge is 2.20. The van der Waals surface area contributed by atoms with Crippen molar-refractivity contribution in [1.82, 2.24) is 25.5 Å².